The van der Waals surface area contributed by atoms with Gasteiger partial charge < -0.3 is 5.11 Å². The molecule has 4 nitrogen and oxygen atoms in total. The monoisotopic (exact) mass is 197 g/mol. The topological polar surface area (TPSA) is 57.6 Å². The Morgan fingerprint density at radius 3 is 2.29 bits per heavy atom. The van der Waals surface area contributed by atoms with Crippen LogP contribution in [0.2, 0.25) is 0 Å². The maximum absolute atomic E-state index is 11.4. The summed E-state index contributed by atoms with van der Waals surface area (Å²) in [5.74, 6) is -0.803. The summed E-state index contributed by atoms with van der Waals surface area (Å²) in [6.07, 6.45) is 1.11. The highest BCUT2D eigenvalue weighted by Crippen LogP contribution is 2.32. The molecule has 1 aliphatic heterocycles. The van der Waals surface area contributed by atoms with Crippen LogP contribution in [-0.2, 0) is 9.59 Å². The van der Waals surface area contributed by atoms with E-state index in [1.54, 1.807) is 0 Å². The van der Waals surface area contributed by atoms with Gasteiger partial charge in [-0.3, -0.25) is 14.5 Å². The van der Waals surface area contributed by atoms with Crippen LogP contribution in [0, 0.1) is 5.41 Å². The zero-order chi connectivity index (χ0) is 11.1. The molecule has 0 aromatic rings. The number of aliphatic hydroxyl groups is 1. The summed E-state index contributed by atoms with van der Waals surface area (Å²) in [7, 11) is 0. The molecule has 2 amide bonds. The second-order valence-electron chi connectivity index (χ2n) is 4.57. The van der Waals surface area contributed by atoms with Crippen LogP contribution in [0.1, 0.15) is 27.7 Å². The smallest absolute Gasteiger partial charge is 0.257 e. The molecule has 0 aromatic heterocycles. The Bertz CT molecular complexity index is 312. The number of amides is 2. The lowest BCUT2D eigenvalue weighted by Crippen LogP contribution is -2.46. The average Bonchev–Trinajstić information content (AvgIpc) is 2.23. The number of aliphatic hydroxyl groups excluding tert-OH is 1. The maximum Gasteiger partial charge on any atom is 0.257 e. The number of rotatable bonds is 0. The predicted octanol–water partition coefficient (Wildman–Crippen LogP) is 1.23. The number of hydrogen-bond donors (Lipinski definition) is 1. The third kappa shape index (κ3) is 1.64. The van der Waals surface area contributed by atoms with E-state index in [4.69, 9.17) is 0 Å². The lowest BCUT2D eigenvalue weighted by molar-refractivity contribution is -0.143. The molecule has 0 aromatic carbocycles. The highest BCUT2D eigenvalue weighted by Gasteiger charge is 2.42. The highest BCUT2D eigenvalue weighted by molar-refractivity contribution is 6.03. The van der Waals surface area contributed by atoms with Crippen molar-refractivity contribution in [1.82, 2.24) is 4.90 Å². The first kappa shape index (κ1) is 10.8. The number of carbonyl (C=O) groups excluding carboxylic acids is 2. The van der Waals surface area contributed by atoms with E-state index in [9.17, 15) is 14.7 Å². The van der Waals surface area contributed by atoms with E-state index in [1.807, 2.05) is 20.8 Å². The van der Waals surface area contributed by atoms with E-state index in [0.717, 1.165) is 11.0 Å². The Kier molecular flexibility index (Phi) is 2.39. The van der Waals surface area contributed by atoms with Gasteiger partial charge in [0, 0.05) is 13.0 Å². The minimum atomic E-state index is -0.535. The lowest BCUT2D eigenvalue weighted by Gasteiger charge is -2.33. The van der Waals surface area contributed by atoms with Crippen molar-refractivity contribution in [2.75, 3.05) is 0 Å². The third-order valence-corrected chi connectivity index (χ3v) is 2.21. The van der Waals surface area contributed by atoms with Gasteiger partial charge in [0.25, 0.3) is 5.91 Å². The van der Waals surface area contributed by atoms with Gasteiger partial charge in [0.05, 0.1) is 0 Å². The zero-order valence-corrected chi connectivity index (χ0v) is 8.87. The largest absolute Gasteiger partial charge is 0.510 e. The van der Waals surface area contributed by atoms with Crippen molar-refractivity contribution >= 4 is 11.8 Å². The Hall–Kier alpha value is -1.32. The van der Waals surface area contributed by atoms with Crippen LogP contribution in [0.3, 0.4) is 0 Å². The second-order valence-corrected chi connectivity index (χ2v) is 4.57. The van der Waals surface area contributed by atoms with E-state index in [0.29, 0.717) is 0 Å². The van der Waals surface area contributed by atoms with Gasteiger partial charge in [-0.1, -0.05) is 20.8 Å². The SMILES string of the molecule is CC(=O)N1C(=O)C=C(O)C1C(C)(C)C. The molecule has 0 spiro atoms. The van der Waals surface area contributed by atoms with Crippen molar-refractivity contribution in [2.24, 2.45) is 5.41 Å². The van der Waals surface area contributed by atoms with Crippen molar-refractivity contribution in [3.63, 3.8) is 0 Å². The summed E-state index contributed by atoms with van der Waals surface area (Å²) in [6.45, 7) is 6.94. The summed E-state index contributed by atoms with van der Waals surface area (Å²) in [4.78, 5) is 23.7. The van der Waals surface area contributed by atoms with Crippen LogP contribution in [0.15, 0.2) is 11.8 Å². The van der Waals surface area contributed by atoms with Gasteiger partial charge in [-0.15, -0.1) is 0 Å². The number of hydrogen-bond acceptors (Lipinski definition) is 3. The van der Waals surface area contributed by atoms with Crippen LogP contribution in [-0.4, -0.2) is 27.9 Å². The first-order valence-electron chi connectivity index (χ1n) is 4.49. The molecule has 4 heteroatoms. The van der Waals surface area contributed by atoms with Crippen LogP contribution < -0.4 is 0 Å². The summed E-state index contributed by atoms with van der Waals surface area (Å²) in [5.41, 5.74) is -0.349. The van der Waals surface area contributed by atoms with Crippen LogP contribution >= 0.6 is 0 Å². The molecular weight excluding hydrogens is 182 g/mol. The molecule has 1 rings (SSSR count). The third-order valence-electron chi connectivity index (χ3n) is 2.21. The molecule has 1 atom stereocenters. The number of imide groups is 1. The molecule has 0 saturated heterocycles. The Morgan fingerprint density at radius 1 is 1.50 bits per heavy atom. The van der Waals surface area contributed by atoms with Crippen LogP contribution in [0.4, 0.5) is 0 Å². The highest BCUT2D eigenvalue weighted by atomic mass is 16.3. The molecule has 0 fully saturated rings. The molecule has 0 saturated carbocycles. The fourth-order valence-electron chi connectivity index (χ4n) is 1.70. The van der Waals surface area contributed by atoms with Crippen molar-refractivity contribution in [1.29, 1.82) is 0 Å². The van der Waals surface area contributed by atoms with Crippen molar-refractivity contribution < 1.29 is 14.7 Å². The lowest BCUT2D eigenvalue weighted by atomic mass is 9.85. The Labute approximate surface area is 83.2 Å². The molecule has 1 aliphatic rings. The quantitative estimate of drug-likeness (QED) is 0.635. The maximum atomic E-state index is 11.4. The van der Waals surface area contributed by atoms with Gasteiger partial charge >= 0.3 is 0 Å². The van der Waals surface area contributed by atoms with Gasteiger partial charge in [0.2, 0.25) is 5.91 Å². The van der Waals surface area contributed by atoms with Crippen LogP contribution in [0.25, 0.3) is 0 Å². The Morgan fingerprint density at radius 2 is 2.00 bits per heavy atom. The molecule has 78 valence electrons. The summed E-state index contributed by atoms with van der Waals surface area (Å²) in [6, 6.07) is -0.535. The molecule has 0 aliphatic carbocycles. The molecule has 1 N–H and O–H groups in total. The number of nitrogens with zero attached hydrogens (tertiary/aromatic N) is 1. The van der Waals surface area contributed by atoms with E-state index in [-0.39, 0.29) is 17.1 Å². The van der Waals surface area contributed by atoms with Gasteiger partial charge in [0.15, 0.2) is 0 Å². The molecule has 1 unspecified atom stereocenters. The minimum Gasteiger partial charge on any atom is -0.510 e. The van der Waals surface area contributed by atoms with Gasteiger partial charge in [-0.25, -0.2) is 0 Å². The van der Waals surface area contributed by atoms with Crippen molar-refractivity contribution in [3.8, 4) is 0 Å². The summed E-state index contributed by atoms with van der Waals surface area (Å²) >= 11 is 0. The van der Waals surface area contributed by atoms with E-state index in [1.165, 1.54) is 6.92 Å². The zero-order valence-electron chi connectivity index (χ0n) is 8.87. The van der Waals surface area contributed by atoms with Crippen molar-refractivity contribution in [3.05, 3.63) is 11.8 Å². The summed E-state index contributed by atoms with van der Waals surface area (Å²) in [5, 5.41) is 9.56. The standard InChI is InChI=1S/C10H15NO3/c1-6(12)11-8(14)5-7(13)9(11)10(2,3)4/h5,9,13H,1-4H3. The van der Waals surface area contributed by atoms with Gasteiger partial charge in [-0.2, -0.15) is 0 Å². The molecule has 14 heavy (non-hydrogen) atoms. The van der Waals surface area contributed by atoms with Crippen molar-refractivity contribution in [2.45, 2.75) is 33.7 Å². The molecule has 0 bridgehead atoms. The predicted molar refractivity (Wildman–Crippen MR) is 51.5 cm³/mol. The second kappa shape index (κ2) is 3.12. The fourth-order valence-corrected chi connectivity index (χ4v) is 1.70. The van der Waals surface area contributed by atoms with E-state index < -0.39 is 11.9 Å². The normalized spacial score (nSPS) is 22.6. The Balaban J connectivity index is 3.09. The molecular formula is C10H15NO3. The van der Waals surface area contributed by atoms with E-state index in [2.05, 4.69) is 0 Å². The van der Waals surface area contributed by atoms with Crippen LogP contribution in [0.5, 0.6) is 0 Å². The molecule has 0 radical (unpaired) electrons. The van der Waals surface area contributed by atoms with Gasteiger partial charge in [-0.05, 0) is 5.41 Å². The van der Waals surface area contributed by atoms with Gasteiger partial charge in [0.1, 0.15) is 11.8 Å². The average molecular weight is 197 g/mol. The first-order chi connectivity index (χ1) is 6.25. The first-order valence-corrected chi connectivity index (χ1v) is 4.49. The number of carbonyl (C=O) groups is 2. The van der Waals surface area contributed by atoms with E-state index >= 15 is 0 Å². The fraction of sp³-hybridized carbons (Fsp3) is 0.600. The minimum absolute atomic E-state index is 0.0299. The molecule has 1 heterocycles. The summed E-state index contributed by atoms with van der Waals surface area (Å²) < 4.78 is 0.